The lowest BCUT2D eigenvalue weighted by molar-refractivity contribution is -0.383. The second-order valence-corrected chi connectivity index (χ2v) is 6.67. The smallest absolute Gasteiger partial charge is 0.353 e. The maximum absolute atomic E-state index is 11.9. The summed E-state index contributed by atoms with van der Waals surface area (Å²) in [5.74, 6) is -0.601. The van der Waals surface area contributed by atoms with Crippen LogP contribution in [0.5, 0.6) is 0 Å². The van der Waals surface area contributed by atoms with Crippen molar-refractivity contribution < 1.29 is 14.5 Å². The molecule has 0 aliphatic rings. The lowest BCUT2D eigenvalue weighted by Gasteiger charge is -2.11. The molecule has 2 N–H and O–H groups in total. The lowest BCUT2D eigenvalue weighted by Crippen LogP contribution is -2.07. The van der Waals surface area contributed by atoms with Crippen LogP contribution in [0, 0.1) is 10.1 Å². The zero-order valence-corrected chi connectivity index (χ0v) is 17.1. The summed E-state index contributed by atoms with van der Waals surface area (Å²) in [4.78, 5) is 31.0. The van der Waals surface area contributed by atoms with Crippen molar-refractivity contribution in [1.29, 1.82) is 0 Å². The van der Waals surface area contributed by atoms with Crippen LogP contribution in [-0.4, -0.2) is 27.5 Å². The second-order valence-electron chi connectivity index (χ2n) is 5.86. The van der Waals surface area contributed by atoms with Gasteiger partial charge in [0.05, 0.1) is 27.1 Å². The van der Waals surface area contributed by atoms with Crippen LogP contribution in [0.3, 0.4) is 0 Å². The van der Waals surface area contributed by atoms with E-state index >= 15 is 0 Å². The number of ether oxygens (including phenoxy) is 1. The summed E-state index contributed by atoms with van der Waals surface area (Å²) in [6, 6.07) is 11.0. The van der Waals surface area contributed by atoms with E-state index in [0.29, 0.717) is 22.0 Å². The Hall–Kier alpha value is -3.43. The van der Waals surface area contributed by atoms with Crippen molar-refractivity contribution in [3.05, 3.63) is 74.5 Å². The fourth-order valence-electron chi connectivity index (χ4n) is 2.52. The van der Waals surface area contributed by atoms with Crippen molar-refractivity contribution in [2.75, 3.05) is 17.2 Å². The largest absolute Gasteiger partial charge is 0.462 e. The van der Waals surface area contributed by atoms with Crippen LogP contribution in [0.15, 0.2) is 48.8 Å². The molecule has 1 heterocycles. The first kappa shape index (κ1) is 21.3. The molecule has 0 saturated carbocycles. The first-order valence-corrected chi connectivity index (χ1v) is 9.40. The van der Waals surface area contributed by atoms with Crippen LogP contribution in [0.1, 0.15) is 17.3 Å². The molecule has 0 bridgehead atoms. The van der Waals surface area contributed by atoms with Crippen LogP contribution in [0.2, 0.25) is 10.0 Å². The Morgan fingerprint density at radius 3 is 2.33 bits per heavy atom. The molecular weight excluding hydrogens is 433 g/mol. The Bertz CT molecular complexity index is 1110. The first-order chi connectivity index (χ1) is 14.4. The number of nitrogens with one attached hydrogen (secondary N) is 2. The molecule has 0 aliphatic carbocycles. The number of esters is 1. The fraction of sp³-hybridized carbons (Fsp3) is 0.105. The predicted octanol–water partition coefficient (Wildman–Crippen LogP) is 5.36. The minimum atomic E-state index is -0.614. The molecule has 154 valence electrons. The maximum atomic E-state index is 11.9. The van der Waals surface area contributed by atoms with Crippen molar-refractivity contribution >= 4 is 57.9 Å². The van der Waals surface area contributed by atoms with E-state index in [0.717, 1.165) is 0 Å². The van der Waals surface area contributed by atoms with Crippen molar-refractivity contribution in [2.45, 2.75) is 6.92 Å². The number of rotatable bonds is 7. The first-order valence-electron chi connectivity index (χ1n) is 8.64. The highest BCUT2D eigenvalue weighted by Gasteiger charge is 2.24. The summed E-state index contributed by atoms with van der Waals surface area (Å²) < 4.78 is 4.97. The van der Waals surface area contributed by atoms with Gasteiger partial charge in [0.25, 0.3) is 0 Å². The zero-order chi connectivity index (χ0) is 21.7. The average molecular weight is 448 g/mol. The highest BCUT2D eigenvalue weighted by atomic mass is 35.5. The number of nitrogens with zero attached hydrogens (tertiary/aromatic N) is 3. The SMILES string of the molecule is CCOC(=O)c1cccc(Nc2ncnc(Nc3ccc(Cl)c(Cl)c3)c2[N+](=O)[O-])c1. The van der Waals surface area contributed by atoms with Crippen molar-refractivity contribution in [2.24, 2.45) is 0 Å². The maximum Gasteiger partial charge on any atom is 0.353 e. The monoisotopic (exact) mass is 447 g/mol. The van der Waals surface area contributed by atoms with Gasteiger partial charge >= 0.3 is 11.7 Å². The Morgan fingerprint density at radius 2 is 1.73 bits per heavy atom. The van der Waals surface area contributed by atoms with E-state index in [1.807, 2.05) is 0 Å². The third kappa shape index (κ3) is 4.94. The Labute approximate surface area is 181 Å². The van der Waals surface area contributed by atoms with Gasteiger partial charge < -0.3 is 15.4 Å². The van der Waals surface area contributed by atoms with Crippen molar-refractivity contribution in [1.82, 2.24) is 9.97 Å². The molecule has 0 unspecified atom stereocenters. The number of aromatic nitrogens is 2. The summed E-state index contributed by atoms with van der Waals surface area (Å²) in [6.45, 7) is 1.93. The van der Waals surface area contributed by atoms with Crippen LogP contribution in [-0.2, 0) is 4.74 Å². The number of hydrogen-bond donors (Lipinski definition) is 2. The number of carbonyl (C=O) groups is 1. The number of benzene rings is 2. The molecule has 1 aromatic heterocycles. The van der Waals surface area contributed by atoms with E-state index in [1.54, 1.807) is 37.3 Å². The lowest BCUT2D eigenvalue weighted by atomic mass is 10.2. The van der Waals surface area contributed by atoms with Crippen LogP contribution in [0.25, 0.3) is 0 Å². The molecule has 2 aromatic carbocycles. The summed E-state index contributed by atoms with van der Waals surface area (Å²) in [5, 5.41) is 18.1. The second kappa shape index (κ2) is 9.38. The van der Waals surface area contributed by atoms with Gasteiger partial charge in [-0.15, -0.1) is 0 Å². The van der Waals surface area contributed by atoms with E-state index in [-0.39, 0.29) is 29.0 Å². The van der Waals surface area contributed by atoms with Gasteiger partial charge in [-0.1, -0.05) is 29.3 Å². The topological polar surface area (TPSA) is 119 Å². The van der Waals surface area contributed by atoms with E-state index in [2.05, 4.69) is 20.6 Å². The van der Waals surface area contributed by atoms with Gasteiger partial charge in [0.1, 0.15) is 6.33 Å². The summed E-state index contributed by atoms with van der Waals surface area (Å²) >= 11 is 11.9. The van der Waals surface area contributed by atoms with Crippen molar-refractivity contribution in [3.63, 3.8) is 0 Å². The number of carbonyl (C=O) groups excluding carboxylic acids is 1. The normalized spacial score (nSPS) is 10.4. The fourth-order valence-corrected chi connectivity index (χ4v) is 2.82. The van der Waals surface area contributed by atoms with Crippen LogP contribution in [0.4, 0.5) is 28.7 Å². The minimum absolute atomic E-state index is 0.0440. The minimum Gasteiger partial charge on any atom is -0.462 e. The number of anilines is 4. The average Bonchev–Trinajstić information content (AvgIpc) is 2.71. The molecular formula is C19H15Cl2N5O4. The van der Waals surface area contributed by atoms with Gasteiger partial charge in [-0.3, -0.25) is 10.1 Å². The molecule has 0 atom stereocenters. The van der Waals surface area contributed by atoms with Gasteiger partial charge in [-0.2, -0.15) is 0 Å². The van der Waals surface area contributed by atoms with Gasteiger partial charge in [-0.25, -0.2) is 14.8 Å². The highest BCUT2D eigenvalue weighted by Crippen LogP contribution is 2.34. The third-order valence-corrected chi connectivity index (χ3v) is 4.56. The summed E-state index contributed by atoms with van der Waals surface area (Å²) in [7, 11) is 0. The van der Waals surface area contributed by atoms with E-state index in [9.17, 15) is 14.9 Å². The third-order valence-electron chi connectivity index (χ3n) is 3.82. The molecule has 3 aromatic rings. The Morgan fingerprint density at radius 1 is 1.07 bits per heavy atom. The number of halogens is 2. The van der Waals surface area contributed by atoms with Gasteiger partial charge in [0.15, 0.2) is 0 Å². The van der Waals surface area contributed by atoms with Gasteiger partial charge in [-0.05, 0) is 43.3 Å². The van der Waals surface area contributed by atoms with Crippen molar-refractivity contribution in [3.8, 4) is 0 Å². The zero-order valence-electron chi connectivity index (χ0n) is 15.6. The quantitative estimate of drug-likeness (QED) is 0.282. The number of hydrogen-bond acceptors (Lipinski definition) is 8. The van der Waals surface area contributed by atoms with E-state index < -0.39 is 10.9 Å². The predicted molar refractivity (Wildman–Crippen MR) is 114 cm³/mol. The molecule has 0 radical (unpaired) electrons. The Balaban J connectivity index is 1.93. The van der Waals surface area contributed by atoms with Gasteiger partial charge in [0.2, 0.25) is 11.6 Å². The summed E-state index contributed by atoms with van der Waals surface area (Å²) in [5.41, 5.74) is 0.794. The van der Waals surface area contributed by atoms with E-state index in [4.69, 9.17) is 27.9 Å². The molecule has 30 heavy (non-hydrogen) atoms. The molecule has 0 spiro atoms. The van der Waals surface area contributed by atoms with Crippen LogP contribution >= 0.6 is 23.2 Å². The van der Waals surface area contributed by atoms with E-state index in [1.165, 1.54) is 18.5 Å². The van der Waals surface area contributed by atoms with Crippen LogP contribution < -0.4 is 10.6 Å². The molecule has 9 nitrogen and oxygen atoms in total. The molecule has 0 fully saturated rings. The highest BCUT2D eigenvalue weighted by molar-refractivity contribution is 6.42. The van der Waals surface area contributed by atoms with Gasteiger partial charge in [0, 0.05) is 11.4 Å². The summed E-state index contributed by atoms with van der Waals surface area (Å²) in [6.07, 6.45) is 1.17. The molecule has 0 amide bonds. The Kier molecular flexibility index (Phi) is 6.65. The molecule has 0 saturated heterocycles. The molecule has 11 heteroatoms. The molecule has 3 rings (SSSR count). The number of nitro groups is 1. The standard InChI is InChI=1S/C19H15Cl2N5O4/c1-2-30-19(27)11-4-3-5-12(8-11)24-17-16(26(28)29)18(23-10-22-17)25-13-6-7-14(20)15(21)9-13/h3-10H,2H2,1H3,(H2,22,23,24,25). The molecule has 0 aliphatic heterocycles.